The molecule has 0 spiro atoms. The highest BCUT2D eigenvalue weighted by Gasteiger charge is 2.20. The van der Waals surface area contributed by atoms with Crippen molar-refractivity contribution in [3.63, 3.8) is 0 Å². The molecule has 0 aromatic heterocycles. The lowest BCUT2D eigenvalue weighted by molar-refractivity contribution is -0.139. The van der Waals surface area contributed by atoms with Crippen LogP contribution in [0.2, 0.25) is 0 Å². The minimum Gasteiger partial charge on any atom is -0.481 e. The van der Waals surface area contributed by atoms with E-state index in [9.17, 15) is 14.7 Å². The van der Waals surface area contributed by atoms with E-state index in [1.54, 1.807) is 0 Å². The van der Waals surface area contributed by atoms with Gasteiger partial charge in [0.2, 0.25) is 5.91 Å². The van der Waals surface area contributed by atoms with Gasteiger partial charge in [0.1, 0.15) is 0 Å². The van der Waals surface area contributed by atoms with E-state index in [4.69, 9.17) is 10.8 Å². The number of hydrogen-bond donors (Lipinski definition) is 4. The average Bonchev–Trinajstić information content (AvgIpc) is 2.38. The van der Waals surface area contributed by atoms with Crippen LogP contribution in [0.25, 0.3) is 0 Å². The molecule has 1 rings (SSSR count). The minimum absolute atomic E-state index is 0.236. The van der Waals surface area contributed by atoms with Gasteiger partial charge in [-0.2, -0.15) is 0 Å². The number of carbonyl (C=O) groups is 2. The molecule has 5 N–H and O–H groups in total. The highest BCUT2D eigenvalue weighted by atomic mass is 16.4. The normalized spacial score (nSPS) is 13.6. The van der Waals surface area contributed by atoms with Crippen molar-refractivity contribution in [1.82, 2.24) is 5.32 Å². The standard InChI is InChI=1S/C13H18N2O4/c14-11(7-12(17)18)13(19)15-10(8-16)6-9-4-2-1-3-5-9/h1-5,10-11,16H,6-8,14H2,(H,15,19)(H,17,18)/t10-,11?/m1/s1. The quantitative estimate of drug-likeness (QED) is 0.532. The van der Waals surface area contributed by atoms with Crippen molar-refractivity contribution in [2.45, 2.75) is 24.9 Å². The van der Waals surface area contributed by atoms with Gasteiger partial charge in [0.15, 0.2) is 0 Å². The average molecular weight is 266 g/mol. The third kappa shape index (κ3) is 5.50. The molecule has 1 amide bonds. The lowest BCUT2D eigenvalue weighted by atomic mass is 10.1. The third-order valence-electron chi connectivity index (χ3n) is 2.62. The number of rotatable bonds is 7. The van der Waals surface area contributed by atoms with Crippen LogP contribution in [0.15, 0.2) is 30.3 Å². The van der Waals surface area contributed by atoms with E-state index in [-0.39, 0.29) is 6.61 Å². The monoisotopic (exact) mass is 266 g/mol. The van der Waals surface area contributed by atoms with E-state index < -0.39 is 30.4 Å². The van der Waals surface area contributed by atoms with Crippen molar-refractivity contribution in [3.8, 4) is 0 Å². The zero-order valence-electron chi connectivity index (χ0n) is 10.5. The molecule has 6 nitrogen and oxygen atoms in total. The van der Waals surface area contributed by atoms with Crippen LogP contribution in [0.1, 0.15) is 12.0 Å². The first-order valence-electron chi connectivity index (χ1n) is 5.95. The van der Waals surface area contributed by atoms with Crippen LogP contribution in [0.4, 0.5) is 0 Å². The van der Waals surface area contributed by atoms with Gasteiger partial charge >= 0.3 is 5.97 Å². The molecule has 104 valence electrons. The molecule has 0 aliphatic heterocycles. The summed E-state index contributed by atoms with van der Waals surface area (Å²) in [6.07, 6.45) is 0.0260. The van der Waals surface area contributed by atoms with E-state index in [0.717, 1.165) is 5.56 Å². The summed E-state index contributed by atoms with van der Waals surface area (Å²) in [5.74, 6) is -1.70. The third-order valence-corrected chi connectivity index (χ3v) is 2.62. The van der Waals surface area contributed by atoms with Crippen LogP contribution in [-0.2, 0) is 16.0 Å². The van der Waals surface area contributed by atoms with Crippen molar-refractivity contribution >= 4 is 11.9 Å². The Balaban J connectivity index is 2.52. The number of aliphatic hydroxyl groups excluding tert-OH is 1. The molecule has 19 heavy (non-hydrogen) atoms. The Kier molecular flexibility index (Phi) is 5.98. The number of carbonyl (C=O) groups excluding carboxylic acids is 1. The summed E-state index contributed by atoms with van der Waals surface area (Å²) < 4.78 is 0. The Labute approximate surface area is 111 Å². The highest BCUT2D eigenvalue weighted by Crippen LogP contribution is 2.03. The molecule has 0 bridgehead atoms. The molecule has 1 aromatic rings. The maximum absolute atomic E-state index is 11.6. The predicted octanol–water partition coefficient (Wildman–Crippen LogP) is -0.492. The first-order chi connectivity index (χ1) is 9.02. The highest BCUT2D eigenvalue weighted by molar-refractivity contribution is 5.86. The van der Waals surface area contributed by atoms with E-state index in [2.05, 4.69) is 5.32 Å². The Morgan fingerprint density at radius 2 is 1.89 bits per heavy atom. The van der Waals surface area contributed by atoms with Gasteiger partial charge in [-0.1, -0.05) is 30.3 Å². The van der Waals surface area contributed by atoms with Gasteiger partial charge < -0.3 is 21.3 Å². The Hall–Kier alpha value is -1.92. The zero-order chi connectivity index (χ0) is 14.3. The Bertz CT molecular complexity index is 422. The second-order valence-corrected chi connectivity index (χ2v) is 4.28. The number of hydrogen-bond acceptors (Lipinski definition) is 4. The van der Waals surface area contributed by atoms with Crippen molar-refractivity contribution in [3.05, 3.63) is 35.9 Å². The Morgan fingerprint density at radius 3 is 2.42 bits per heavy atom. The molecule has 1 unspecified atom stereocenters. The molecule has 0 fully saturated rings. The summed E-state index contributed by atoms with van der Waals surface area (Å²) in [5.41, 5.74) is 6.41. The summed E-state index contributed by atoms with van der Waals surface area (Å²) in [6, 6.07) is 7.78. The van der Waals surface area contributed by atoms with Crippen LogP contribution in [0.5, 0.6) is 0 Å². The van der Waals surface area contributed by atoms with E-state index in [1.165, 1.54) is 0 Å². The van der Waals surface area contributed by atoms with Gasteiger partial charge in [-0.3, -0.25) is 9.59 Å². The summed E-state index contributed by atoms with van der Waals surface area (Å²) in [4.78, 5) is 22.1. The first kappa shape index (κ1) is 15.1. The lowest BCUT2D eigenvalue weighted by Crippen LogP contribution is -2.48. The molecule has 6 heteroatoms. The molecule has 0 aliphatic rings. The van der Waals surface area contributed by atoms with Crippen LogP contribution in [0.3, 0.4) is 0 Å². The second kappa shape index (κ2) is 7.50. The van der Waals surface area contributed by atoms with Crippen LogP contribution in [-0.4, -0.2) is 40.8 Å². The fourth-order valence-electron chi connectivity index (χ4n) is 1.65. The Morgan fingerprint density at radius 1 is 1.26 bits per heavy atom. The minimum atomic E-state index is -1.13. The summed E-state index contributed by atoms with van der Waals surface area (Å²) in [6.45, 7) is -0.236. The predicted molar refractivity (Wildman–Crippen MR) is 69.4 cm³/mol. The molecule has 0 heterocycles. The number of aliphatic carboxylic acids is 1. The van der Waals surface area contributed by atoms with Gasteiger partial charge in [-0.05, 0) is 12.0 Å². The molecular weight excluding hydrogens is 248 g/mol. The molecule has 0 radical (unpaired) electrons. The molecule has 2 atom stereocenters. The number of benzene rings is 1. The maximum Gasteiger partial charge on any atom is 0.305 e. The number of carboxylic acids is 1. The number of nitrogens with one attached hydrogen (secondary N) is 1. The number of carboxylic acid groups (broad SMARTS) is 1. The van der Waals surface area contributed by atoms with Gasteiger partial charge in [-0.15, -0.1) is 0 Å². The first-order valence-corrected chi connectivity index (χ1v) is 5.95. The van der Waals surface area contributed by atoms with Crippen LogP contribution in [0, 0.1) is 0 Å². The zero-order valence-corrected chi connectivity index (χ0v) is 10.5. The topological polar surface area (TPSA) is 113 Å². The van der Waals surface area contributed by atoms with Crippen molar-refractivity contribution in [2.75, 3.05) is 6.61 Å². The molecule has 1 aromatic carbocycles. The molecule has 0 saturated heterocycles. The molecule has 0 aliphatic carbocycles. The smallest absolute Gasteiger partial charge is 0.305 e. The summed E-state index contributed by atoms with van der Waals surface area (Å²) >= 11 is 0. The van der Waals surface area contributed by atoms with Gasteiger partial charge in [-0.25, -0.2) is 0 Å². The van der Waals surface area contributed by atoms with E-state index >= 15 is 0 Å². The number of aliphatic hydroxyl groups is 1. The van der Waals surface area contributed by atoms with Gasteiger partial charge in [0, 0.05) is 0 Å². The van der Waals surface area contributed by atoms with Crippen LogP contribution < -0.4 is 11.1 Å². The fourth-order valence-corrected chi connectivity index (χ4v) is 1.65. The van der Waals surface area contributed by atoms with E-state index in [0.29, 0.717) is 6.42 Å². The van der Waals surface area contributed by atoms with Gasteiger partial charge in [0.05, 0.1) is 25.1 Å². The second-order valence-electron chi connectivity index (χ2n) is 4.28. The fraction of sp³-hybridized carbons (Fsp3) is 0.385. The number of nitrogens with two attached hydrogens (primary N) is 1. The van der Waals surface area contributed by atoms with Crippen molar-refractivity contribution < 1.29 is 19.8 Å². The van der Waals surface area contributed by atoms with Crippen LogP contribution >= 0.6 is 0 Å². The SMILES string of the molecule is NC(CC(=O)O)C(=O)N[C@@H](CO)Cc1ccccc1. The number of amides is 1. The van der Waals surface area contributed by atoms with Crippen molar-refractivity contribution in [1.29, 1.82) is 0 Å². The summed E-state index contributed by atoms with van der Waals surface area (Å²) in [5, 5.41) is 20.3. The summed E-state index contributed by atoms with van der Waals surface area (Å²) in [7, 11) is 0. The van der Waals surface area contributed by atoms with Gasteiger partial charge in [0.25, 0.3) is 0 Å². The molecular formula is C13H18N2O4. The lowest BCUT2D eigenvalue weighted by Gasteiger charge is -2.18. The largest absolute Gasteiger partial charge is 0.481 e. The molecule has 0 saturated carbocycles. The van der Waals surface area contributed by atoms with Crippen molar-refractivity contribution in [2.24, 2.45) is 5.73 Å². The maximum atomic E-state index is 11.6. The van der Waals surface area contributed by atoms with E-state index in [1.807, 2.05) is 30.3 Å².